The fourth-order valence-corrected chi connectivity index (χ4v) is 2.05. The van der Waals surface area contributed by atoms with Gasteiger partial charge >= 0.3 is 0 Å². The molecule has 1 aromatic carbocycles. The standard InChI is InChI=1S/C13H13BrClN3/c1-18(9-11-4-2-3-5-12(11)15)13-16-7-10(6-14)8-17-13/h2-5,7-8H,6,9H2,1H3. The molecule has 1 aromatic heterocycles. The van der Waals surface area contributed by atoms with Gasteiger partial charge in [-0.15, -0.1) is 0 Å². The monoisotopic (exact) mass is 325 g/mol. The smallest absolute Gasteiger partial charge is 0.225 e. The lowest BCUT2D eigenvalue weighted by Crippen LogP contribution is -2.19. The van der Waals surface area contributed by atoms with Crippen LogP contribution in [-0.2, 0) is 11.9 Å². The van der Waals surface area contributed by atoms with E-state index >= 15 is 0 Å². The van der Waals surface area contributed by atoms with Crippen LogP contribution in [0, 0.1) is 0 Å². The predicted molar refractivity (Wildman–Crippen MR) is 78.2 cm³/mol. The summed E-state index contributed by atoms with van der Waals surface area (Å²) in [6.45, 7) is 0.688. The summed E-state index contributed by atoms with van der Waals surface area (Å²) in [5.74, 6) is 0.694. The number of halogens is 2. The SMILES string of the molecule is CN(Cc1ccccc1Cl)c1ncc(CBr)cn1. The van der Waals surface area contributed by atoms with E-state index in [9.17, 15) is 0 Å². The Morgan fingerprint density at radius 3 is 2.50 bits per heavy atom. The first-order valence-electron chi connectivity index (χ1n) is 5.52. The van der Waals surface area contributed by atoms with Crippen molar-refractivity contribution in [3.05, 3.63) is 52.8 Å². The van der Waals surface area contributed by atoms with Crippen molar-refractivity contribution in [2.45, 2.75) is 11.9 Å². The summed E-state index contributed by atoms with van der Waals surface area (Å²) in [6.07, 6.45) is 3.64. The maximum atomic E-state index is 6.13. The van der Waals surface area contributed by atoms with Gasteiger partial charge in [0.1, 0.15) is 0 Å². The number of hydrogen-bond acceptors (Lipinski definition) is 3. The van der Waals surface area contributed by atoms with Crippen LogP contribution in [0.1, 0.15) is 11.1 Å². The minimum atomic E-state index is 0.688. The minimum absolute atomic E-state index is 0.688. The number of nitrogens with zero attached hydrogens (tertiary/aromatic N) is 3. The minimum Gasteiger partial charge on any atom is -0.340 e. The van der Waals surface area contributed by atoms with Crippen LogP contribution in [0.5, 0.6) is 0 Å². The molecule has 5 heteroatoms. The zero-order valence-electron chi connectivity index (χ0n) is 9.98. The average molecular weight is 327 g/mol. The van der Waals surface area contributed by atoms with Crippen LogP contribution in [0.2, 0.25) is 5.02 Å². The van der Waals surface area contributed by atoms with Gasteiger partial charge in [-0.2, -0.15) is 0 Å². The molecule has 0 N–H and O–H groups in total. The highest BCUT2D eigenvalue weighted by molar-refractivity contribution is 9.08. The maximum absolute atomic E-state index is 6.13. The Hall–Kier alpha value is -1.13. The molecule has 0 amide bonds. The molecular weight excluding hydrogens is 314 g/mol. The Morgan fingerprint density at radius 2 is 1.89 bits per heavy atom. The summed E-state index contributed by atoms with van der Waals surface area (Å²) in [4.78, 5) is 10.6. The van der Waals surface area contributed by atoms with E-state index in [1.165, 1.54) is 0 Å². The first-order valence-corrected chi connectivity index (χ1v) is 7.02. The summed E-state index contributed by atoms with van der Waals surface area (Å²) >= 11 is 9.50. The van der Waals surface area contributed by atoms with Crippen LogP contribution in [-0.4, -0.2) is 17.0 Å². The van der Waals surface area contributed by atoms with Gasteiger partial charge in [0.15, 0.2) is 0 Å². The van der Waals surface area contributed by atoms with Gasteiger partial charge in [-0.25, -0.2) is 9.97 Å². The Morgan fingerprint density at radius 1 is 1.22 bits per heavy atom. The second kappa shape index (κ2) is 6.16. The molecule has 0 atom stereocenters. The molecule has 3 nitrogen and oxygen atoms in total. The molecule has 0 radical (unpaired) electrons. The third-order valence-electron chi connectivity index (χ3n) is 2.55. The van der Waals surface area contributed by atoms with Crippen molar-refractivity contribution >= 4 is 33.5 Å². The van der Waals surface area contributed by atoms with Gasteiger partial charge in [-0.3, -0.25) is 0 Å². The molecule has 1 heterocycles. The number of anilines is 1. The Labute approximate surface area is 120 Å². The molecule has 2 aromatic rings. The van der Waals surface area contributed by atoms with E-state index in [0.29, 0.717) is 12.5 Å². The molecule has 0 fully saturated rings. The molecule has 0 spiro atoms. The van der Waals surface area contributed by atoms with Crippen molar-refractivity contribution in [3.8, 4) is 0 Å². The highest BCUT2D eigenvalue weighted by Gasteiger charge is 2.07. The van der Waals surface area contributed by atoms with Crippen molar-refractivity contribution < 1.29 is 0 Å². The van der Waals surface area contributed by atoms with Crippen LogP contribution in [0.4, 0.5) is 5.95 Å². The summed E-state index contributed by atoms with van der Waals surface area (Å²) in [5.41, 5.74) is 2.12. The summed E-state index contributed by atoms with van der Waals surface area (Å²) in [5, 5.41) is 1.53. The van der Waals surface area contributed by atoms with Crippen LogP contribution in [0.15, 0.2) is 36.7 Å². The summed E-state index contributed by atoms with van der Waals surface area (Å²) in [6, 6.07) is 7.79. The van der Waals surface area contributed by atoms with E-state index in [1.807, 2.05) is 48.6 Å². The largest absolute Gasteiger partial charge is 0.340 e. The molecule has 0 unspecified atom stereocenters. The second-order valence-electron chi connectivity index (χ2n) is 3.97. The number of alkyl halides is 1. The van der Waals surface area contributed by atoms with Gasteiger partial charge in [-0.05, 0) is 17.2 Å². The van der Waals surface area contributed by atoms with Crippen LogP contribution >= 0.6 is 27.5 Å². The highest BCUT2D eigenvalue weighted by atomic mass is 79.9. The van der Waals surface area contributed by atoms with Gasteiger partial charge < -0.3 is 4.90 Å². The molecule has 0 aliphatic carbocycles. The molecule has 0 aliphatic heterocycles. The zero-order valence-corrected chi connectivity index (χ0v) is 12.3. The lowest BCUT2D eigenvalue weighted by Gasteiger charge is -2.17. The Bertz CT molecular complexity index is 516. The summed E-state index contributed by atoms with van der Waals surface area (Å²) < 4.78 is 0. The first-order chi connectivity index (χ1) is 8.70. The first kappa shape index (κ1) is 13.3. The fourth-order valence-electron chi connectivity index (χ4n) is 1.57. The van der Waals surface area contributed by atoms with Gasteiger partial charge in [-0.1, -0.05) is 45.7 Å². The van der Waals surface area contributed by atoms with Crippen molar-refractivity contribution in [3.63, 3.8) is 0 Å². The quantitative estimate of drug-likeness (QED) is 0.803. The summed E-state index contributed by atoms with van der Waals surface area (Å²) in [7, 11) is 1.95. The lowest BCUT2D eigenvalue weighted by molar-refractivity contribution is 0.863. The second-order valence-corrected chi connectivity index (χ2v) is 4.94. The van der Waals surface area contributed by atoms with Crippen molar-refractivity contribution in [1.82, 2.24) is 9.97 Å². The molecule has 2 rings (SSSR count). The number of rotatable bonds is 4. The normalized spacial score (nSPS) is 10.4. The third kappa shape index (κ3) is 3.21. The Kier molecular flexibility index (Phi) is 4.55. The zero-order chi connectivity index (χ0) is 13.0. The highest BCUT2D eigenvalue weighted by Crippen LogP contribution is 2.18. The fraction of sp³-hybridized carbons (Fsp3) is 0.231. The van der Waals surface area contributed by atoms with Crippen LogP contribution in [0.25, 0.3) is 0 Å². The van der Waals surface area contributed by atoms with E-state index in [4.69, 9.17) is 11.6 Å². The molecule has 0 bridgehead atoms. The molecule has 0 saturated heterocycles. The van der Waals surface area contributed by atoms with Gasteiger partial charge in [0.25, 0.3) is 0 Å². The third-order valence-corrected chi connectivity index (χ3v) is 3.57. The number of hydrogen-bond donors (Lipinski definition) is 0. The van der Waals surface area contributed by atoms with Crippen molar-refractivity contribution in [2.75, 3.05) is 11.9 Å². The van der Waals surface area contributed by atoms with E-state index in [2.05, 4.69) is 25.9 Å². The van der Waals surface area contributed by atoms with Crippen LogP contribution < -0.4 is 4.90 Å². The van der Waals surface area contributed by atoms with E-state index in [0.717, 1.165) is 21.5 Å². The van der Waals surface area contributed by atoms with E-state index in [1.54, 1.807) is 0 Å². The lowest BCUT2D eigenvalue weighted by atomic mass is 10.2. The molecular formula is C13H13BrClN3. The molecule has 0 saturated carbocycles. The van der Waals surface area contributed by atoms with Gasteiger partial charge in [0.2, 0.25) is 5.95 Å². The number of benzene rings is 1. The molecule has 0 aliphatic rings. The van der Waals surface area contributed by atoms with E-state index < -0.39 is 0 Å². The molecule has 18 heavy (non-hydrogen) atoms. The average Bonchev–Trinajstić information content (AvgIpc) is 2.41. The Balaban J connectivity index is 2.11. The van der Waals surface area contributed by atoms with Crippen molar-refractivity contribution in [1.29, 1.82) is 0 Å². The van der Waals surface area contributed by atoms with Crippen LogP contribution in [0.3, 0.4) is 0 Å². The van der Waals surface area contributed by atoms with Gasteiger partial charge in [0, 0.05) is 36.3 Å². The maximum Gasteiger partial charge on any atom is 0.225 e. The topological polar surface area (TPSA) is 29.0 Å². The van der Waals surface area contributed by atoms with Gasteiger partial charge in [0.05, 0.1) is 0 Å². The van der Waals surface area contributed by atoms with Crippen molar-refractivity contribution in [2.24, 2.45) is 0 Å². The van der Waals surface area contributed by atoms with E-state index in [-0.39, 0.29) is 0 Å². The number of aromatic nitrogens is 2. The predicted octanol–water partition coefficient (Wildman–Crippen LogP) is 3.66. The molecule has 94 valence electrons.